The van der Waals surface area contributed by atoms with Gasteiger partial charge in [-0.1, -0.05) is 12.1 Å². The quantitative estimate of drug-likeness (QED) is 0.829. The molecule has 1 heterocycles. The fraction of sp³-hybridized carbons (Fsp3) is 0.462. The second-order valence-electron chi connectivity index (χ2n) is 4.63. The minimum Gasteiger partial charge on any atom is -0.368 e. The van der Waals surface area contributed by atoms with Crippen LogP contribution in [0.15, 0.2) is 24.3 Å². The topological polar surface area (TPSA) is 55.1 Å². The number of rotatable bonds is 3. The molecule has 1 aromatic rings. The Morgan fingerprint density at radius 2 is 2.12 bits per heavy atom. The second kappa shape index (κ2) is 5.27. The number of piperidine rings is 1. The number of benzene rings is 1. The first-order chi connectivity index (χ1) is 8.15. The van der Waals surface area contributed by atoms with Gasteiger partial charge >= 0.3 is 0 Å². The van der Waals surface area contributed by atoms with Gasteiger partial charge in [-0.15, -0.1) is 0 Å². The predicted octanol–water partition coefficient (Wildman–Crippen LogP) is 1.22. The Bertz CT molecular complexity index is 391. The van der Waals surface area contributed by atoms with E-state index in [1.165, 1.54) is 12.1 Å². The SMILES string of the molecule is NC(=O)C1CC(Cc2ccc(F)cc2)CCN1. The maximum Gasteiger partial charge on any atom is 0.234 e. The normalized spacial score (nSPS) is 24.5. The first-order valence-electron chi connectivity index (χ1n) is 5.92. The average Bonchev–Trinajstić information content (AvgIpc) is 2.32. The van der Waals surface area contributed by atoms with E-state index in [1.807, 2.05) is 0 Å². The third kappa shape index (κ3) is 3.27. The standard InChI is InChI=1S/C13H17FN2O/c14-11-3-1-9(2-4-11)7-10-5-6-16-12(8-10)13(15)17/h1-4,10,12,16H,5-8H2,(H2,15,17). The summed E-state index contributed by atoms with van der Waals surface area (Å²) in [7, 11) is 0. The Kier molecular flexibility index (Phi) is 3.74. The molecule has 3 N–H and O–H groups in total. The highest BCUT2D eigenvalue weighted by Crippen LogP contribution is 2.21. The van der Waals surface area contributed by atoms with Crippen molar-refractivity contribution in [3.8, 4) is 0 Å². The molecular weight excluding hydrogens is 219 g/mol. The van der Waals surface area contributed by atoms with Crippen molar-refractivity contribution in [2.75, 3.05) is 6.54 Å². The van der Waals surface area contributed by atoms with E-state index in [2.05, 4.69) is 5.32 Å². The summed E-state index contributed by atoms with van der Waals surface area (Å²) in [6, 6.07) is 6.34. The smallest absolute Gasteiger partial charge is 0.234 e. The van der Waals surface area contributed by atoms with Crippen LogP contribution in [0.2, 0.25) is 0 Å². The van der Waals surface area contributed by atoms with Gasteiger partial charge in [0.25, 0.3) is 0 Å². The summed E-state index contributed by atoms with van der Waals surface area (Å²) < 4.78 is 12.8. The summed E-state index contributed by atoms with van der Waals surface area (Å²) in [5, 5.41) is 3.11. The highest BCUT2D eigenvalue weighted by atomic mass is 19.1. The van der Waals surface area contributed by atoms with Crippen LogP contribution in [0.1, 0.15) is 18.4 Å². The van der Waals surface area contributed by atoms with Crippen LogP contribution in [0.3, 0.4) is 0 Å². The van der Waals surface area contributed by atoms with Crippen molar-refractivity contribution in [1.29, 1.82) is 0 Å². The van der Waals surface area contributed by atoms with E-state index in [0.717, 1.165) is 31.4 Å². The fourth-order valence-electron chi connectivity index (χ4n) is 2.35. The number of nitrogens with two attached hydrogens (primary N) is 1. The van der Waals surface area contributed by atoms with Gasteiger partial charge in [-0.2, -0.15) is 0 Å². The largest absolute Gasteiger partial charge is 0.368 e. The van der Waals surface area contributed by atoms with Crippen LogP contribution < -0.4 is 11.1 Å². The maximum absolute atomic E-state index is 12.8. The third-order valence-corrected chi connectivity index (χ3v) is 3.29. The second-order valence-corrected chi connectivity index (χ2v) is 4.63. The Hall–Kier alpha value is -1.42. The predicted molar refractivity (Wildman–Crippen MR) is 63.8 cm³/mol. The number of amides is 1. The van der Waals surface area contributed by atoms with E-state index in [1.54, 1.807) is 12.1 Å². The lowest BCUT2D eigenvalue weighted by Crippen LogP contribution is -2.47. The van der Waals surface area contributed by atoms with Gasteiger partial charge in [-0.3, -0.25) is 4.79 Å². The van der Waals surface area contributed by atoms with Crippen molar-refractivity contribution in [3.63, 3.8) is 0 Å². The lowest BCUT2D eigenvalue weighted by molar-refractivity contribution is -0.120. The zero-order valence-electron chi connectivity index (χ0n) is 9.66. The van der Waals surface area contributed by atoms with E-state index >= 15 is 0 Å². The molecule has 1 fully saturated rings. The molecule has 1 saturated heterocycles. The van der Waals surface area contributed by atoms with Crippen molar-refractivity contribution < 1.29 is 9.18 Å². The Balaban J connectivity index is 1.94. The Morgan fingerprint density at radius 3 is 2.76 bits per heavy atom. The highest BCUT2D eigenvalue weighted by molar-refractivity contribution is 5.79. The molecular formula is C13H17FN2O. The molecule has 0 saturated carbocycles. The molecule has 17 heavy (non-hydrogen) atoms. The van der Waals surface area contributed by atoms with Gasteiger partial charge in [-0.05, 0) is 49.4 Å². The van der Waals surface area contributed by atoms with Gasteiger partial charge in [0.1, 0.15) is 5.82 Å². The summed E-state index contributed by atoms with van der Waals surface area (Å²) in [5.41, 5.74) is 6.40. The summed E-state index contributed by atoms with van der Waals surface area (Å²) >= 11 is 0. The summed E-state index contributed by atoms with van der Waals surface area (Å²) in [6.07, 6.45) is 2.68. The number of halogens is 1. The van der Waals surface area contributed by atoms with Crippen LogP contribution in [-0.2, 0) is 11.2 Å². The van der Waals surface area contributed by atoms with Crippen LogP contribution >= 0.6 is 0 Å². The molecule has 1 aromatic carbocycles. The number of hydrogen-bond acceptors (Lipinski definition) is 2. The van der Waals surface area contributed by atoms with E-state index < -0.39 is 0 Å². The number of carbonyl (C=O) groups is 1. The number of nitrogens with one attached hydrogen (secondary N) is 1. The van der Waals surface area contributed by atoms with Crippen molar-refractivity contribution in [1.82, 2.24) is 5.32 Å². The minimum absolute atomic E-state index is 0.214. The van der Waals surface area contributed by atoms with Crippen LogP contribution in [0.5, 0.6) is 0 Å². The van der Waals surface area contributed by atoms with Crippen molar-refractivity contribution in [2.45, 2.75) is 25.3 Å². The van der Waals surface area contributed by atoms with Crippen LogP contribution in [0.25, 0.3) is 0 Å². The molecule has 0 radical (unpaired) electrons. The lowest BCUT2D eigenvalue weighted by Gasteiger charge is -2.28. The molecule has 2 rings (SSSR count). The van der Waals surface area contributed by atoms with Crippen LogP contribution in [0.4, 0.5) is 4.39 Å². The molecule has 92 valence electrons. The number of hydrogen-bond donors (Lipinski definition) is 2. The van der Waals surface area contributed by atoms with Gasteiger partial charge < -0.3 is 11.1 Å². The summed E-state index contributed by atoms with van der Waals surface area (Å²) in [6.45, 7) is 0.819. The molecule has 2 unspecified atom stereocenters. The van der Waals surface area contributed by atoms with E-state index in [-0.39, 0.29) is 17.8 Å². The molecule has 0 aromatic heterocycles. The van der Waals surface area contributed by atoms with Gasteiger partial charge in [0.15, 0.2) is 0 Å². The molecule has 1 aliphatic heterocycles. The van der Waals surface area contributed by atoms with Crippen molar-refractivity contribution in [3.05, 3.63) is 35.6 Å². The Morgan fingerprint density at radius 1 is 1.41 bits per heavy atom. The van der Waals surface area contributed by atoms with Crippen LogP contribution in [0, 0.1) is 11.7 Å². The minimum atomic E-state index is -0.284. The van der Waals surface area contributed by atoms with E-state index in [0.29, 0.717) is 5.92 Å². The fourth-order valence-corrected chi connectivity index (χ4v) is 2.35. The maximum atomic E-state index is 12.8. The van der Waals surface area contributed by atoms with E-state index in [9.17, 15) is 9.18 Å². The molecule has 2 atom stereocenters. The first kappa shape index (κ1) is 12.0. The first-order valence-corrected chi connectivity index (χ1v) is 5.92. The third-order valence-electron chi connectivity index (χ3n) is 3.29. The zero-order chi connectivity index (χ0) is 12.3. The number of primary amides is 1. The molecule has 1 amide bonds. The molecule has 0 spiro atoms. The van der Waals surface area contributed by atoms with Gasteiger partial charge in [0.05, 0.1) is 6.04 Å². The van der Waals surface area contributed by atoms with Gasteiger partial charge in [0.2, 0.25) is 5.91 Å². The summed E-state index contributed by atoms with van der Waals surface area (Å²) in [5.74, 6) is -0.0536. The summed E-state index contributed by atoms with van der Waals surface area (Å²) in [4.78, 5) is 11.1. The molecule has 0 aliphatic carbocycles. The number of carbonyl (C=O) groups excluding carboxylic acids is 1. The highest BCUT2D eigenvalue weighted by Gasteiger charge is 2.25. The molecule has 4 heteroatoms. The van der Waals surface area contributed by atoms with Crippen molar-refractivity contribution in [2.24, 2.45) is 11.7 Å². The average molecular weight is 236 g/mol. The molecule has 0 bridgehead atoms. The zero-order valence-corrected chi connectivity index (χ0v) is 9.66. The van der Waals surface area contributed by atoms with Gasteiger partial charge in [0, 0.05) is 0 Å². The van der Waals surface area contributed by atoms with Crippen LogP contribution in [-0.4, -0.2) is 18.5 Å². The molecule has 3 nitrogen and oxygen atoms in total. The monoisotopic (exact) mass is 236 g/mol. The molecule has 1 aliphatic rings. The lowest BCUT2D eigenvalue weighted by atomic mass is 9.87. The van der Waals surface area contributed by atoms with E-state index in [4.69, 9.17) is 5.73 Å². The Labute approximate surface area is 100 Å². The van der Waals surface area contributed by atoms with Crippen molar-refractivity contribution >= 4 is 5.91 Å². The van der Waals surface area contributed by atoms with Gasteiger partial charge in [-0.25, -0.2) is 4.39 Å².